The molecule has 0 aromatic carbocycles. The second-order valence-electron chi connectivity index (χ2n) is 7.40. The first-order chi connectivity index (χ1) is 8.56. The van der Waals surface area contributed by atoms with Gasteiger partial charge in [0.15, 0.2) is 0 Å². The molecule has 19 heavy (non-hydrogen) atoms. The summed E-state index contributed by atoms with van der Waals surface area (Å²) < 4.78 is 5.50. The van der Waals surface area contributed by atoms with Crippen LogP contribution in [0.1, 0.15) is 81.1 Å². The summed E-state index contributed by atoms with van der Waals surface area (Å²) in [4.78, 5) is 12.6. The highest BCUT2D eigenvalue weighted by molar-refractivity contribution is 5.77. The van der Waals surface area contributed by atoms with Gasteiger partial charge >= 0.3 is 5.97 Å². The third kappa shape index (κ3) is 4.50. The van der Waals surface area contributed by atoms with Crippen molar-refractivity contribution in [3.8, 4) is 0 Å². The molecule has 0 fully saturated rings. The maximum absolute atomic E-state index is 12.6. The summed E-state index contributed by atoms with van der Waals surface area (Å²) in [5.41, 5.74) is -0.312. The van der Waals surface area contributed by atoms with Crippen LogP contribution in [0.15, 0.2) is 0 Å². The normalized spacial score (nSPS) is 16.0. The number of carbonyl (C=O) groups is 1. The number of rotatable bonds is 8. The van der Waals surface area contributed by atoms with Crippen LogP contribution in [0.3, 0.4) is 0 Å². The first-order valence-corrected chi connectivity index (χ1v) is 7.73. The molecule has 1 unspecified atom stereocenters. The summed E-state index contributed by atoms with van der Waals surface area (Å²) >= 11 is 0. The summed E-state index contributed by atoms with van der Waals surface area (Å²) in [6.07, 6.45) is 3.80. The lowest BCUT2D eigenvalue weighted by molar-refractivity contribution is -0.166. The molecule has 0 bridgehead atoms. The number of hydrogen-bond acceptors (Lipinski definition) is 2. The molecule has 0 heterocycles. The summed E-state index contributed by atoms with van der Waals surface area (Å²) in [6, 6.07) is 0. The minimum absolute atomic E-state index is 0.0253. The molecule has 114 valence electrons. The standard InChI is InChI=1S/C17H34O2/c1-9-12-19-14(18)17(8,16(6,7)11-3)13-15(4,5)10-2/h9-13H2,1-8H3. The zero-order chi connectivity index (χ0) is 15.3. The Bertz CT molecular complexity index is 292. The van der Waals surface area contributed by atoms with Crippen LogP contribution in [0, 0.1) is 16.2 Å². The summed E-state index contributed by atoms with van der Waals surface area (Å²) in [7, 11) is 0. The SMILES string of the molecule is CCCOC(=O)C(C)(CC(C)(C)CC)C(C)(C)CC. The van der Waals surface area contributed by atoms with Gasteiger partial charge in [-0.05, 0) is 37.0 Å². The maximum atomic E-state index is 12.6. The van der Waals surface area contributed by atoms with Crippen LogP contribution in [-0.4, -0.2) is 12.6 Å². The van der Waals surface area contributed by atoms with E-state index in [1.54, 1.807) is 0 Å². The van der Waals surface area contributed by atoms with Crippen molar-refractivity contribution in [1.29, 1.82) is 0 Å². The lowest BCUT2D eigenvalue weighted by Gasteiger charge is -2.45. The van der Waals surface area contributed by atoms with Crippen molar-refractivity contribution in [3.05, 3.63) is 0 Å². The fourth-order valence-electron chi connectivity index (χ4n) is 2.41. The van der Waals surface area contributed by atoms with Crippen LogP contribution in [0.25, 0.3) is 0 Å². The van der Waals surface area contributed by atoms with Crippen LogP contribution in [-0.2, 0) is 9.53 Å². The summed E-state index contributed by atoms with van der Waals surface area (Å²) in [5, 5.41) is 0. The van der Waals surface area contributed by atoms with Crippen LogP contribution < -0.4 is 0 Å². The Kier molecular flexibility index (Phi) is 6.57. The van der Waals surface area contributed by atoms with E-state index in [1.165, 1.54) is 0 Å². The molecule has 0 aromatic heterocycles. The molecule has 2 nitrogen and oxygen atoms in total. The smallest absolute Gasteiger partial charge is 0.312 e. The van der Waals surface area contributed by atoms with Crippen molar-refractivity contribution in [2.75, 3.05) is 6.61 Å². The predicted molar refractivity (Wildman–Crippen MR) is 82.1 cm³/mol. The van der Waals surface area contributed by atoms with Crippen LogP contribution >= 0.6 is 0 Å². The minimum Gasteiger partial charge on any atom is -0.465 e. The Morgan fingerprint density at radius 3 is 1.84 bits per heavy atom. The zero-order valence-corrected chi connectivity index (χ0v) is 14.4. The monoisotopic (exact) mass is 270 g/mol. The molecule has 2 heteroatoms. The molecule has 0 N–H and O–H groups in total. The lowest BCUT2D eigenvalue weighted by atomic mass is 9.58. The van der Waals surface area contributed by atoms with E-state index in [0.717, 1.165) is 25.7 Å². The van der Waals surface area contributed by atoms with Gasteiger partial charge in [0.25, 0.3) is 0 Å². The lowest BCUT2D eigenvalue weighted by Crippen LogP contribution is -2.46. The minimum atomic E-state index is -0.420. The van der Waals surface area contributed by atoms with Crippen LogP contribution in [0.2, 0.25) is 0 Å². The first kappa shape index (κ1) is 18.5. The Labute approximate surface area is 120 Å². The van der Waals surface area contributed by atoms with Gasteiger partial charge in [-0.15, -0.1) is 0 Å². The molecular weight excluding hydrogens is 236 g/mol. The van der Waals surface area contributed by atoms with E-state index in [9.17, 15) is 4.79 Å². The molecule has 0 saturated heterocycles. The van der Waals surface area contributed by atoms with E-state index in [1.807, 2.05) is 6.92 Å². The molecule has 0 radical (unpaired) electrons. The summed E-state index contributed by atoms with van der Waals surface area (Å²) in [5.74, 6) is -0.0253. The second-order valence-corrected chi connectivity index (χ2v) is 7.40. The highest BCUT2D eigenvalue weighted by Crippen LogP contribution is 2.50. The predicted octanol–water partition coefficient (Wildman–Crippen LogP) is 5.21. The first-order valence-electron chi connectivity index (χ1n) is 7.73. The fraction of sp³-hybridized carbons (Fsp3) is 0.941. The molecule has 0 aromatic rings. The van der Waals surface area contributed by atoms with Crippen molar-refractivity contribution in [2.45, 2.75) is 81.1 Å². The molecule has 0 aliphatic carbocycles. The molecule has 0 rings (SSSR count). The van der Waals surface area contributed by atoms with Crippen LogP contribution in [0.4, 0.5) is 0 Å². The van der Waals surface area contributed by atoms with Gasteiger partial charge in [-0.25, -0.2) is 0 Å². The van der Waals surface area contributed by atoms with E-state index < -0.39 is 5.41 Å². The molecule has 0 amide bonds. The van der Waals surface area contributed by atoms with E-state index >= 15 is 0 Å². The fourth-order valence-corrected chi connectivity index (χ4v) is 2.41. The average Bonchev–Trinajstić information content (AvgIpc) is 2.34. The number of ether oxygens (including phenoxy) is 1. The van der Waals surface area contributed by atoms with Crippen molar-refractivity contribution in [1.82, 2.24) is 0 Å². The molecular formula is C17H34O2. The number of hydrogen-bond donors (Lipinski definition) is 0. The van der Waals surface area contributed by atoms with Gasteiger partial charge in [0.05, 0.1) is 12.0 Å². The third-order valence-electron chi connectivity index (χ3n) is 5.05. The second kappa shape index (κ2) is 6.76. The van der Waals surface area contributed by atoms with Gasteiger partial charge in [0.1, 0.15) is 0 Å². The molecule has 1 atom stereocenters. The Morgan fingerprint density at radius 2 is 1.47 bits per heavy atom. The van der Waals surface area contributed by atoms with Crippen molar-refractivity contribution in [2.24, 2.45) is 16.2 Å². The van der Waals surface area contributed by atoms with Gasteiger partial charge in [0, 0.05) is 0 Å². The van der Waals surface area contributed by atoms with E-state index in [0.29, 0.717) is 6.61 Å². The van der Waals surface area contributed by atoms with Gasteiger partial charge in [-0.2, -0.15) is 0 Å². The van der Waals surface area contributed by atoms with Gasteiger partial charge in [-0.3, -0.25) is 4.79 Å². The largest absolute Gasteiger partial charge is 0.465 e. The van der Waals surface area contributed by atoms with Gasteiger partial charge in [0.2, 0.25) is 0 Å². The van der Waals surface area contributed by atoms with E-state index in [4.69, 9.17) is 4.74 Å². The molecule has 0 aliphatic rings. The van der Waals surface area contributed by atoms with E-state index in [2.05, 4.69) is 48.5 Å². The maximum Gasteiger partial charge on any atom is 0.312 e. The summed E-state index contributed by atoms with van der Waals surface area (Å²) in [6.45, 7) is 17.9. The Morgan fingerprint density at radius 1 is 0.947 bits per heavy atom. The topological polar surface area (TPSA) is 26.3 Å². The van der Waals surface area contributed by atoms with Crippen molar-refractivity contribution in [3.63, 3.8) is 0 Å². The molecule has 0 saturated carbocycles. The quantitative estimate of drug-likeness (QED) is 0.566. The van der Waals surface area contributed by atoms with Crippen molar-refractivity contribution >= 4 is 5.97 Å². The van der Waals surface area contributed by atoms with Crippen LogP contribution in [0.5, 0.6) is 0 Å². The molecule has 0 spiro atoms. The average molecular weight is 270 g/mol. The van der Waals surface area contributed by atoms with Gasteiger partial charge in [-0.1, -0.05) is 54.9 Å². The molecule has 0 aliphatic heterocycles. The van der Waals surface area contributed by atoms with Gasteiger partial charge < -0.3 is 4.74 Å². The van der Waals surface area contributed by atoms with Crippen molar-refractivity contribution < 1.29 is 9.53 Å². The number of esters is 1. The Balaban J connectivity index is 5.31. The zero-order valence-electron chi connectivity index (χ0n) is 14.4. The highest BCUT2D eigenvalue weighted by Gasteiger charge is 2.49. The highest BCUT2D eigenvalue weighted by atomic mass is 16.5. The third-order valence-corrected chi connectivity index (χ3v) is 5.05. The Hall–Kier alpha value is -0.530. The number of carbonyl (C=O) groups excluding carboxylic acids is 1. The van der Waals surface area contributed by atoms with E-state index in [-0.39, 0.29) is 16.8 Å².